The summed E-state index contributed by atoms with van der Waals surface area (Å²) in [7, 11) is -3.45. The molecular formula is C19H30F2N4O3S. The van der Waals surface area contributed by atoms with Crippen LogP contribution in [0.2, 0.25) is 0 Å². The van der Waals surface area contributed by atoms with Crippen molar-refractivity contribution in [2.75, 3.05) is 38.5 Å². The van der Waals surface area contributed by atoms with Crippen LogP contribution in [-0.2, 0) is 21.2 Å². The first kappa shape index (κ1) is 23.5. The lowest BCUT2D eigenvalue weighted by Gasteiger charge is -2.22. The second kappa shape index (κ2) is 12.0. The van der Waals surface area contributed by atoms with Crippen molar-refractivity contribution < 1.29 is 21.9 Å². The average Bonchev–Trinajstić information content (AvgIpc) is 2.70. The van der Waals surface area contributed by atoms with Gasteiger partial charge in [0.2, 0.25) is 10.0 Å². The molecule has 1 aliphatic heterocycles. The molecule has 0 amide bonds. The van der Waals surface area contributed by atoms with Crippen LogP contribution in [0.1, 0.15) is 31.7 Å². The second-order valence-electron chi connectivity index (χ2n) is 6.83. The molecule has 3 N–H and O–H groups in total. The molecule has 1 aromatic carbocycles. The fourth-order valence-corrected chi connectivity index (χ4v) is 3.85. The highest BCUT2D eigenvalue weighted by Crippen LogP contribution is 2.12. The molecule has 0 aliphatic carbocycles. The lowest BCUT2D eigenvalue weighted by molar-refractivity contribution is 0.0200. The summed E-state index contributed by atoms with van der Waals surface area (Å²) in [6.07, 6.45) is 3.14. The van der Waals surface area contributed by atoms with Crippen LogP contribution in [0.3, 0.4) is 0 Å². The van der Waals surface area contributed by atoms with Crippen molar-refractivity contribution in [3.05, 3.63) is 35.4 Å². The summed E-state index contributed by atoms with van der Waals surface area (Å²) in [5.41, 5.74) is 0.269. The maximum absolute atomic E-state index is 13.7. The summed E-state index contributed by atoms with van der Waals surface area (Å²) >= 11 is 0. The number of nitrogens with zero attached hydrogens (tertiary/aromatic N) is 1. The minimum Gasteiger partial charge on any atom is -0.377 e. The van der Waals surface area contributed by atoms with Gasteiger partial charge in [-0.05, 0) is 56.4 Å². The van der Waals surface area contributed by atoms with Gasteiger partial charge in [-0.3, -0.25) is 4.99 Å². The molecule has 7 nitrogen and oxygen atoms in total. The Kier molecular flexibility index (Phi) is 9.75. The van der Waals surface area contributed by atoms with Crippen molar-refractivity contribution in [3.63, 3.8) is 0 Å². The van der Waals surface area contributed by atoms with Crippen LogP contribution in [0.5, 0.6) is 0 Å². The molecule has 29 heavy (non-hydrogen) atoms. The number of nitrogens with one attached hydrogen (secondary N) is 3. The number of guanidine groups is 1. The first-order chi connectivity index (χ1) is 13.9. The van der Waals surface area contributed by atoms with Gasteiger partial charge < -0.3 is 15.4 Å². The zero-order valence-corrected chi connectivity index (χ0v) is 17.5. The van der Waals surface area contributed by atoms with E-state index in [1.54, 1.807) is 0 Å². The Bertz CT molecular complexity index is 769. The molecule has 0 radical (unpaired) electrons. The fourth-order valence-electron chi connectivity index (χ4n) is 2.93. The van der Waals surface area contributed by atoms with Gasteiger partial charge in [0.05, 0.1) is 18.4 Å². The number of hydrogen-bond acceptors (Lipinski definition) is 4. The molecule has 10 heteroatoms. The van der Waals surface area contributed by atoms with E-state index < -0.39 is 21.7 Å². The summed E-state index contributed by atoms with van der Waals surface area (Å²) in [4.78, 5) is 4.24. The Morgan fingerprint density at radius 2 is 2.10 bits per heavy atom. The summed E-state index contributed by atoms with van der Waals surface area (Å²) in [6.45, 7) is 3.83. The van der Waals surface area contributed by atoms with E-state index in [4.69, 9.17) is 4.74 Å². The number of rotatable bonds is 10. The molecule has 2 rings (SSSR count). The Morgan fingerprint density at radius 3 is 2.83 bits per heavy atom. The highest BCUT2D eigenvalue weighted by atomic mass is 32.2. The lowest BCUT2D eigenvalue weighted by Crippen LogP contribution is -2.39. The van der Waals surface area contributed by atoms with Gasteiger partial charge in [0.25, 0.3) is 0 Å². The van der Waals surface area contributed by atoms with Gasteiger partial charge in [-0.1, -0.05) is 0 Å². The molecule has 0 aromatic heterocycles. The van der Waals surface area contributed by atoms with Gasteiger partial charge in [-0.2, -0.15) is 0 Å². The number of aliphatic imine (C=N–C) groups is 1. The third-order valence-corrected chi connectivity index (χ3v) is 5.80. The van der Waals surface area contributed by atoms with E-state index in [1.807, 2.05) is 6.92 Å². The Morgan fingerprint density at radius 1 is 1.28 bits per heavy atom. The normalized spacial score (nSPS) is 17.9. The minimum absolute atomic E-state index is 0.0655. The molecule has 1 aliphatic rings. The van der Waals surface area contributed by atoms with Crippen LogP contribution in [0.15, 0.2) is 23.2 Å². The van der Waals surface area contributed by atoms with E-state index in [1.165, 1.54) is 0 Å². The SMILES string of the molecule is CCNC(=NCCS(=O)(=O)NCC1CCCCO1)NCCc1cc(F)ccc1F. The highest BCUT2D eigenvalue weighted by Gasteiger charge is 2.17. The van der Waals surface area contributed by atoms with Crippen LogP contribution in [-0.4, -0.2) is 59.0 Å². The highest BCUT2D eigenvalue weighted by molar-refractivity contribution is 7.89. The van der Waals surface area contributed by atoms with Gasteiger partial charge in [-0.25, -0.2) is 21.9 Å². The minimum atomic E-state index is -3.45. The van der Waals surface area contributed by atoms with Crippen LogP contribution in [0.25, 0.3) is 0 Å². The van der Waals surface area contributed by atoms with Crippen molar-refractivity contribution >= 4 is 16.0 Å². The Labute approximate surface area is 171 Å². The summed E-state index contributed by atoms with van der Waals surface area (Å²) < 4.78 is 59.2. The average molecular weight is 433 g/mol. The number of halogens is 2. The van der Waals surface area contributed by atoms with E-state index in [-0.39, 0.29) is 36.9 Å². The van der Waals surface area contributed by atoms with Crippen LogP contribution in [0, 0.1) is 11.6 Å². The molecule has 1 atom stereocenters. The molecule has 1 aromatic rings. The van der Waals surface area contributed by atoms with Crippen molar-refractivity contribution in [2.45, 2.75) is 38.7 Å². The van der Waals surface area contributed by atoms with Crippen LogP contribution in [0.4, 0.5) is 8.78 Å². The molecule has 1 fully saturated rings. The molecule has 0 bridgehead atoms. The van der Waals surface area contributed by atoms with E-state index in [0.29, 0.717) is 25.7 Å². The fraction of sp³-hybridized carbons (Fsp3) is 0.632. The van der Waals surface area contributed by atoms with E-state index in [0.717, 1.165) is 37.5 Å². The Hall–Kier alpha value is -1.78. The van der Waals surface area contributed by atoms with E-state index >= 15 is 0 Å². The van der Waals surface area contributed by atoms with Crippen molar-refractivity contribution in [1.82, 2.24) is 15.4 Å². The zero-order valence-electron chi connectivity index (χ0n) is 16.7. The molecule has 1 unspecified atom stereocenters. The Balaban J connectivity index is 1.77. The molecule has 1 saturated heterocycles. The number of sulfonamides is 1. The molecule has 1 heterocycles. The topological polar surface area (TPSA) is 91.8 Å². The van der Waals surface area contributed by atoms with Gasteiger partial charge in [0.15, 0.2) is 5.96 Å². The second-order valence-corrected chi connectivity index (χ2v) is 8.76. The van der Waals surface area contributed by atoms with E-state index in [2.05, 4.69) is 20.3 Å². The van der Waals surface area contributed by atoms with Gasteiger partial charge in [0, 0.05) is 26.2 Å². The molecule has 0 saturated carbocycles. The summed E-state index contributed by atoms with van der Waals surface area (Å²) in [5, 5.41) is 6.00. The third-order valence-electron chi connectivity index (χ3n) is 4.47. The van der Waals surface area contributed by atoms with Crippen molar-refractivity contribution in [1.29, 1.82) is 0 Å². The van der Waals surface area contributed by atoms with Gasteiger partial charge >= 0.3 is 0 Å². The first-order valence-corrected chi connectivity index (χ1v) is 11.6. The maximum atomic E-state index is 13.7. The quantitative estimate of drug-likeness (QED) is 0.385. The standard InChI is InChI=1S/C19H30F2N4O3S/c1-2-22-19(23-9-8-15-13-16(20)6-7-18(15)21)24-10-12-29(26,27)25-14-17-5-3-4-11-28-17/h6-7,13,17,25H,2-5,8-12,14H2,1H3,(H2,22,23,24). The van der Waals surface area contributed by atoms with Crippen LogP contribution >= 0.6 is 0 Å². The first-order valence-electron chi connectivity index (χ1n) is 9.94. The lowest BCUT2D eigenvalue weighted by atomic mass is 10.1. The van der Waals surface area contributed by atoms with Crippen molar-refractivity contribution in [3.8, 4) is 0 Å². The predicted molar refractivity (Wildman–Crippen MR) is 109 cm³/mol. The van der Waals surface area contributed by atoms with Gasteiger partial charge in [-0.15, -0.1) is 0 Å². The molecule has 164 valence electrons. The maximum Gasteiger partial charge on any atom is 0.213 e. The zero-order chi connectivity index (χ0) is 21.1. The molecule has 0 spiro atoms. The van der Waals surface area contributed by atoms with E-state index in [9.17, 15) is 17.2 Å². The van der Waals surface area contributed by atoms with Crippen molar-refractivity contribution in [2.24, 2.45) is 4.99 Å². The number of ether oxygens (including phenoxy) is 1. The summed E-state index contributed by atoms with van der Waals surface area (Å²) in [5.74, 6) is -0.669. The van der Waals surface area contributed by atoms with Crippen LogP contribution < -0.4 is 15.4 Å². The third kappa shape index (κ3) is 9.05. The largest absolute Gasteiger partial charge is 0.377 e. The number of hydrogen-bond donors (Lipinski definition) is 3. The monoisotopic (exact) mass is 432 g/mol. The molecular weight excluding hydrogens is 402 g/mol. The summed E-state index contributed by atoms with van der Waals surface area (Å²) in [6, 6.07) is 3.34. The predicted octanol–water partition coefficient (Wildman–Crippen LogP) is 1.55. The van der Waals surface area contributed by atoms with Gasteiger partial charge in [0.1, 0.15) is 11.6 Å². The smallest absolute Gasteiger partial charge is 0.213 e. The number of benzene rings is 1.